The fourth-order valence-electron chi connectivity index (χ4n) is 3.72. The first kappa shape index (κ1) is 18.2. The van der Waals surface area contributed by atoms with E-state index in [4.69, 9.17) is 21.8 Å². The molecule has 4 nitrogen and oxygen atoms in total. The quantitative estimate of drug-likeness (QED) is 0.649. The summed E-state index contributed by atoms with van der Waals surface area (Å²) in [6, 6.07) is 18.8. The maximum Gasteiger partial charge on any atom is 0.117 e. The standard InChI is InChI=1S/C22H25ClN4/c23-20-14-8-7-11-18(20)16-27-25-21(15-24-19-12-5-2-6-13-19)22(26-27)17-9-3-1-4-10-17/h1,3-4,7-11,14,19,24H,2,5-6,12-13,15-16H2. The highest BCUT2D eigenvalue weighted by atomic mass is 35.5. The minimum Gasteiger partial charge on any atom is -0.308 e. The average Bonchev–Trinajstić information content (AvgIpc) is 3.12. The monoisotopic (exact) mass is 380 g/mol. The van der Waals surface area contributed by atoms with Crippen molar-refractivity contribution in [3.8, 4) is 11.3 Å². The van der Waals surface area contributed by atoms with Crippen LogP contribution in [0.3, 0.4) is 0 Å². The van der Waals surface area contributed by atoms with Crippen LogP contribution in [0.25, 0.3) is 11.3 Å². The summed E-state index contributed by atoms with van der Waals surface area (Å²) in [6.07, 6.45) is 6.52. The number of aromatic nitrogens is 3. The van der Waals surface area contributed by atoms with E-state index in [2.05, 4.69) is 17.4 Å². The molecule has 140 valence electrons. The SMILES string of the molecule is Clc1ccccc1Cn1nc(CNC2CCCCC2)c(-c2ccccc2)n1. The van der Waals surface area contributed by atoms with E-state index in [0.29, 0.717) is 12.6 Å². The van der Waals surface area contributed by atoms with Crippen LogP contribution in [-0.2, 0) is 13.1 Å². The molecule has 1 fully saturated rings. The van der Waals surface area contributed by atoms with Gasteiger partial charge < -0.3 is 5.32 Å². The fraction of sp³-hybridized carbons (Fsp3) is 0.364. The van der Waals surface area contributed by atoms with Gasteiger partial charge in [0.15, 0.2) is 0 Å². The summed E-state index contributed by atoms with van der Waals surface area (Å²) in [6.45, 7) is 1.32. The van der Waals surface area contributed by atoms with Crippen molar-refractivity contribution in [2.24, 2.45) is 0 Å². The molecule has 4 rings (SSSR count). The van der Waals surface area contributed by atoms with Crippen LogP contribution < -0.4 is 5.32 Å². The highest BCUT2D eigenvalue weighted by Gasteiger charge is 2.17. The van der Waals surface area contributed by atoms with Crippen molar-refractivity contribution in [1.29, 1.82) is 0 Å². The van der Waals surface area contributed by atoms with Gasteiger partial charge in [0.1, 0.15) is 11.4 Å². The largest absolute Gasteiger partial charge is 0.308 e. The zero-order valence-corrected chi connectivity index (χ0v) is 16.2. The molecule has 0 spiro atoms. The summed E-state index contributed by atoms with van der Waals surface area (Å²) < 4.78 is 0. The Morgan fingerprint density at radius 3 is 2.44 bits per heavy atom. The van der Waals surface area contributed by atoms with Crippen molar-refractivity contribution >= 4 is 11.6 Å². The average molecular weight is 381 g/mol. The maximum atomic E-state index is 6.32. The van der Waals surface area contributed by atoms with E-state index in [9.17, 15) is 0 Å². The number of hydrogen-bond acceptors (Lipinski definition) is 3. The van der Waals surface area contributed by atoms with Gasteiger partial charge in [0.05, 0.1) is 6.54 Å². The van der Waals surface area contributed by atoms with Crippen molar-refractivity contribution in [3.63, 3.8) is 0 Å². The number of nitrogens with one attached hydrogen (secondary N) is 1. The van der Waals surface area contributed by atoms with Crippen molar-refractivity contribution < 1.29 is 0 Å². The van der Waals surface area contributed by atoms with E-state index < -0.39 is 0 Å². The van der Waals surface area contributed by atoms with Gasteiger partial charge in [-0.2, -0.15) is 15.0 Å². The van der Waals surface area contributed by atoms with E-state index in [1.54, 1.807) is 4.80 Å². The molecule has 1 heterocycles. The second-order valence-corrected chi connectivity index (χ2v) is 7.61. The fourth-order valence-corrected chi connectivity index (χ4v) is 3.91. The predicted octanol–water partition coefficient (Wildman–Crippen LogP) is 5.07. The number of halogens is 1. The van der Waals surface area contributed by atoms with Gasteiger partial charge in [-0.05, 0) is 24.5 Å². The molecule has 0 unspecified atom stereocenters. The van der Waals surface area contributed by atoms with Crippen LogP contribution in [0, 0.1) is 0 Å². The Morgan fingerprint density at radius 2 is 1.67 bits per heavy atom. The third kappa shape index (κ3) is 4.57. The van der Waals surface area contributed by atoms with Crippen molar-refractivity contribution in [1.82, 2.24) is 20.3 Å². The zero-order valence-electron chi connectivity index (χ0n) is 15.4. The van der Waals surface area contributed by atoms with Gasteiger partial charge in [-0.3, -0.25) is 0 Å². The van der Waals surface area contributed by atoms with Crippen LogP contribution in [0.4, 0.5) is 0 Å². The molecule has 1 N–H and O–H groups in total. The Morgan fingerprint density at radius 1 is 0.926 bits per heavy atom. The molecule has 27 heavy (non-hydrogen) atoms. The van der Waals surface area contributed by atoms with Crippen molar-refractivity contribution in [2.75, 3.05) is 0 Å². The lowest BCUT2D eigenvalue weighted by molar-refractivity contribution is 0.370. The molecule has 5 heteroatoms. The van der Waals surface area contributed by atoms with E-state index in [0.717, 1.165) is 34.1 Å². The van der Waals surface area contributed by atoms with E-state index in [1.165, 1.54) is 32.1 Å². The number of benzene rings is 2. The van der Waals surface area contributed by atoms with Gasteiger partial charge in [0.2, 0.25) is 0 Å². The summed E-state index contributed by atoms with van der Waals surface area (Å²) in [5, 5.41) is 14.0. The molecule has 0 radical (unpaired) electrons. The van der Waals surface area contributed by atoms with Gasteiger partial charge >= 0.3 is 0 Å². The van der Waals surface area contributed by atoms with Crippen molar-refractivity contribution in [3.05, 3.63) is 70.9 Å². The first-order valence-electron chi connectivity index (χ1n) is 9.76. The summed E-state index contributed by atoms with van der Waals surface area (Å²) in [7, 11) is 0. The topological polar surface area (TPSA) is 42.7 Å². The molecule has 2 aromatic carbocycles. The molecule has 0 amide bonds. The summed E-state index contributed by atoms with van der Waals surface area (Å²) in [5.41, 5.74) is 4.08. The van der Waals surface area contributed by atoms with Gasteiger partial charge in [0.25, 0.3) is 0 Å². The Labute approximate surface area is 165 Å². The van der Waals surface area contributed by atoms with E-state index in [-0.39, 0.29) is 0 Å². The molecule has 1 aliphatic carbocycles. The van der Waals surface area contributed by atoms with Crippen LogP contribution in [0.5, 0.6) is 0 Å². The molecule has 0 saturated heterocycles. The summed E-state index contributed by atoms with van der Waals surface area (Å²) in [5.74, 6) is 0. The van der Waals surface area contributed by atoms with Crippen LogP contribution in [0.1, 0.15) is 43.4 Å². The Kier molecular flexibility index (Phi) is 5.85. The van der Waals surface area contributed by atoms with Gasteiger partial charge in [0, 0.05) is 23.2 Å². The minimum absolute atomic E-state index is 0.572. The number of nitrogens with zero attached hydrogens (tertiary/aromatic N) is 3. The predicted molar refractivity (Wildman–Crippen MR) is 110 cm³/mol. The first-order chi connectivity index (χ1) is 13.3. The second kappa shape index (κ2) is 8.68. The van der Waals surface area contributed by atoms with Gasteiger partial charge in [-0.25, -0.2) is 0 Å². The highest BCUT2D eigenvalue weighted by Crippen LogP contribution is 2.23. The lowest BCUT2D eigenvalue weighted by Crippen LogP contribution is -2.30. The lowest BCUT2D eigenvalue weighted by Gasteiger charge is -2.22. The molecular formula is C22H25ClN4. The van der Waals surface area contributed by atoms with Crippen molar-refractivity contribution in [2.45, 2.75) is 51.2 Å². The smallest absolute Gasteiger partial charge is 0.117 e. The van der Waals surface area contributed by atoms with Gasteiger partial charge in [-0.15, -0.1) is 0 Å². The van der Waals surface area contributed by atoms with Crippen LogP contribution in [0.15, 0.2) is 54.6 Å². The van der Waals surface area contributed by atoms with E-state index in [1.807, 2.05) is 42.5 Å². The van der Waals surface area contributed by atoms with Gasteiger partial charge in [-0.1, -0.05) is 79.4 Å². The normalized spacial score (nSPS) is 15.1. The molecule has 0 bridgehead atoms. The highest BCUT2D eigenvalue weighted by molar-refractivity contribution is 6.31. The molecule has 1 saturated carbocycles. The Balaban J connectivity index is 1.57. The Bertz CT molecular complexity index is 869. The molecule has 1 aliphatic rings. The number of hydrogen-bond donors (Lipinski definition) is 1. The molecule has 0 atom stereocenters. The third-order valence-electron chi connectivity index (χ3n) is 5.21. The second-order valence-electron chi connectivity index (χ2n) is 7.20. The molecular weight excluding hydrogens is 356 g/mol. The molecule has 3 aromatic rings. The number of rotatable bonds is 6. The molecule has 1 aromatic heterocycles. The Hall–Kier alpha value is -2.17. The van der Waals surface area contributed by atoms with Crippen LogP contribution in [0.2, 0.25) is 5.02 Å². The lowest BCUT2D eigenvalue weighted by atomic mass is 9.95. The minimum atomic E-state index is 0.572. The maximum absolute atomic E-state index is 6.32. The molecule has 0 aliphatic heterocycles. The van der Waals surface area contributed by atoms with Crippen LogP contribution in [-0.4, -0.2) is 21.0 Å². The zero-order chi connectivity index (χ0) is 18.5. The first-order valence-corrected chi connectivity index (χ1v) is 10.1. The summed E-state index contributed by atoms with van der Waals surface area (Å²) in [4.78, 5) is 1.77. The summed E-state index contributed by atoms with van der Waals surface area (Å²) >= 11 is 6.32. The third-order valence-corrected chi connectivity index (χ3v) is 5.57. The van der Waals surface area contributed by atoms with E-state index >= 15 is 0 Å². The van der Waals surface area contributed by atoms with Crippen LogP contribution >= 0.6 is 11.6 Å².